The van der Waals surface area contributed by atoms with E-state index >= 15 is 0 Å². The first-order valence-corrected chi connectivity index (χ1v) is 6.39. The summed E-state index contributed by atoms with van der Waals surface area (Å²) in [6.07, 6.45) is 6.13. The van der Waals surface area contributed by atoms with Crippen LogP contribution in [0.15, 0.2) is 30.9 Å². The number of aryl methyl sites for hydroxylation is 1. The number of amides is 2. The number of carbonyl (C=O) groups excluding carboxylic acids is 2. The maximum absolute atomic E-state index is 11.4. The number of ether oxygens (including phenoxy) is 1. The van der Waals surface area contributed by atoms with Crippen LogP contribution in [-0.2, 0) is 16.1 Å². The summed E-state index contributed by atoms with van der Waals surface area (Å²) in [7, 11) is 0. The molecule has 0 unspecified atom stereocenters. The van der Waals surface area contributed by atoms with Crippen LogP contribution in [0, 0.1) is 0 Å². The van der Waals surface area contributed by atoms with E-state index in [1.165, 1.54) is 0 Å². The van der Waals surface area contributed by atoms with Crippen molar-refractivity contribution < 1.29 is 14.3 Å². The second-order valence-electron chi connectivity index (χ2n) is 4.25. The van der Waals surface area contributed by atoms with Gasteiger partial charge in [-0.3, -0.25) is 0 Å². The standard InChI is InChI=1S/C13H20N4O3/c1-11(2)12(18)20-9-6-16-13(19)15-4-3-7-17-8-5-14-10-17/h5,8,10H,1,3-4,6-7,9H2,2H3,(H2,15,16,19). The summed E-state index contributed by atoms with van der Waals surface area (Å²) in [4.78, 5) is 26.4. The van der Waals surface area contributed by atoms with Crippen molar-refractivity contribution in [2.45, 2.75) is 19.9 Å². The summed E-state index contributed by atoms with van der Waals surface area (Å²) < 4.78 is 6.78. The van der Waals surface area contributed by atoms with Crippen LogP contribution in [-0.4, -0.2) is 41.2 Å². The second-order valence-corrected chi connectivity index (χ2v) is 4.25. The lowest BCUT2D eigenvalue weighted by Gasteiger charge is -2.08. The minimum atomic E-state index is -0.451. The minimum absolute atomic E-state index is 0.133. The molecule has 0 aromatic carbocycles. The van der Waals surface area contributed by atoms with E-state index in [9.17, 15) is 9.59 Å². The van der Waals surface area contributed by atoms with Gasteiger partial charge in [0.2, 0.25) is 0 Å². The molecule has 0 spiro atoms. The second kappa shape index (κ2) is 8.73. The fourth-order valence-electron chi connectivity index (χ4n) is 1.38. The van der Waals surface area contributed by atoms with Crippen molar-refractivity contribution in [1.82, 2.24) is 20.2 Å². The molecule has 0 saturated heterocycles. The monoisotopic (exact) mass is 280 g/mol. The Morgan fingerprint density at radius 3 is 2.75 bits per heavy atom. The maximum Gasteiger partial charge on any atom is 0.333 e. The molecule has 0 atom stereocenters. The SMILES string of the molecule is C=C(C)C(=O)OCCNC(=O)NCCCn1ccnc1. The van der Waals surface area contributed by atoms with Crippen molar-refractivity contribution in [3.63, 3.8) is 0 Å². The smallest absolute Gasteiger partial charge is 0.333 e. The summed E-state index contributed by atoms with van der Waals surface area (Å²) in [6.45, 7) is 6.80. The molecule has 110 valence electrons. The molecular weight excluding hydrogens is 260 g/mol. The quantitative estimate of drug-likeness (QED) is 0.417. The Bertz CT molecular complexity index is 442. The summed E-state index contributed by atoms with van der Waals surface area (Å²) in [5, 5.41) is 5.31. The average molecular weight is 280 g/mol. The molecule has 0 radical (unpaired) electrons. The first-order valence-electron chi connectivity index (χ1n) is 6.39. The van der Waals surface area contributed by atoms with Crippen LogP contribution in [0.1, 0.15) is 13.3 Å². The molecule has 0 aliphatic heterocycles. The highest BCUT2D eigenvalue weighted by molar-refractivity contribution is 5.86. The molecule has 0 aliphatic carbocycles. The molecule has 1 aromatic heterocycles. The number of aromatic nitrogens is 2. The van der Waals surface area contributed by atoms with E-state index in [1.54, 1.807) is 19.4 Å². The van der Waals surface area contributed by atoms with Crippen molar-refractivity contribution >= 4 is 12.0 Å². The van der Waals surface area contributed by atoms with E-state index in [0.717, 1.165) is 13.0 Å². The number of rotatable bonds is 8. The highest BCUT2D eigenvalue weighted by atomic mass is 16.5. The van der Waals surface area contributed by atoms with Crippen LogP contribution in [0.3, 0.4) is 0 Å². The van der Waals surface area contributed by atoms with Crippen molar-refractivity contribution in [1.29, 1.82) is 0 Å². The number of hydrogen-bond acceptors (Lipinski definition) is 4. The van der Waals surface area contributed by atoms with Crippen molar-refractivity contribution in [3.8, 4) is 0 Å². The van der Waals surface area contributed by atoms with E-state index < -0.39 is 5.97 Å². The zero-order valence-electron chi connectivity index (χ0n) is 11.6. The van der Waals surface area contributed by atoms with Gasteiger partial charge < -0.3 is 19.9 Å². The summed E-state index contributed by atoms with van der Waals surface area (Å²) >= 11 is 0. The van der Waals surface area contributed by atoms with E-state index in [4.69, 9.17) is 4.74 Å². The summed E-state index contributed by atoms with van der Waals surface area (Å²) in [5.74, 6) is -0.451. The van der Waals surface area contributed by atoms with Crippen LogP contribution in [0.25, 0.3) is 0 Å². The molecule has 2 amide bonds. The van der Waals surface area contributed by atoms with Gasteiger partial charge in [-0.15, -0.1) is 0 Å². The predicted molar refractivity (Wildman–Crippen MR) is 74.0 cm³/mol. The molecule has 1 aromatic rings. The Morgan fingerprint density at radius 2 is 2.10 bits per heavy atom. The zero-order valence-corrected chi connectivity index (χ0v) is 11.6. The Labute approximate surface area is 118 Å². The number of imidazole rings is 1. The highest BCUT2D eigenvalue weighted by Gasteiger charge is 2.03. The van der Waals surface area contributed by atoms with Gasteiger partial charge >= 0.3 is 12.0 Å². The average Bonchev–Trinajstić information content (AvgIpc) is 2.92. The fraction of sp³-hybridized carbons (Fsp3) is 0.462. The van der Waals surface area contributed by atoms with E-state index in [2.05, 4.69) is 22.2 Å². The Hall–Kier alpha value is -2.31. The van der Waals surface area contributed by atoms with Gasteiger partial charge in [0.1, 0.15) is 6.61 Å². The zero-order chi connectivity index (χ0) is 14.8. The normalized spacial score (nSPS) is 9.85. The van der Waals surface area contributed by atoms with Gasteiger partial charge in [-0.1, -0.05) is 6.58 Å². The maximum atomic E-state index is 11.4. The first kappa shape index (κ1) is 15.7. The Balaban J connectivity index is 1.98. The van der Waals surface area contributed by atoms with Crippen LogP contribution >= 0.6 is 0 Å². The number of esters is 1. The lowest BCUT2D eigenvalue weighted by atomic mass is 10.4. The van der Waals surface area contributed by atoms with Gasteiger partial charge in [-0.25, -0.2) is 14.6 Å². The van der Waals surface area contributed by atoms with Gasteiger partial charge in [-0.2, -0.15) is 0 Å². The Morgan fingerprint density at radius 1 is 1.35 bits per heavy atom. The number of nitrogens with zero attached hydrogens (tertiary/aromatic N) is 2. The molecular formula is C13H20N4O3. The molecule has 7 heteroatoms. The van der Waals surface area contributed by atoms with Gasteiger partial charge in [0.05, 0.1) is 12.9 Å². The lowest BCUT2D eigenvalue weighted by molar-refractivity contribution is -0.138. The number of urea groups is 1. The van der Waals surface area contributed by atoms with Gasteiger partial charge in [0.25, 0.3) is 0 Å². The van der Waals surface area contributed by atoms with E-state index in [0.29, 0.717) is 12.1 Å². The largest absolute Gasteiger partial charge is 0.460 e. The van der Waals surface area contributed by atoms with Crippen molar-refractivity contribution in [2.24, 2.45) is 0 Å². The lowest BCUT2D eigenvalue weighted by Crippen LogP contribution is -2.38. The third-order valence-corrected chi connectivity index (χ3v) is 2.41. The van der Waals surface area contributed by atoms with E-state index in [-0.39, 0.29) is 19.2 Å². The number of hydrogen-bond donors (Lipinski definition) is 2. The highest BCUT2D eigenvalue weighted by Crippen LogP contribution is 1.91. The molecule has 0 saturated carbocycles. The van der Waals surface area contributed by atoms with Crippen LogP contribution < -0.4 is 10.6 Å². The number of carbonyl (C=O) groups is 2. The molecule has 1 rings (SSSR count). The van der Waals surface area contributed by atoms with Gasteiger partial charge in [-0.05, 0) is 13.3 Å². The molecule has 2 N–H and O–H groups in total. The number of nitrogens with one attached hydrogen (secondary N) is 2. The molecule has 1 heterocycles. The first-order chi connectivity index (χ1) is 9.59. The third kappa shape index (κ3) is 6.58. The predicted octanol–water partition coefficient (Wildman–Crippen LogP) is 0.692. The van der Waals surface area contributed by atoms with Crippen LogP contribution in [0.5, 0.6) is 0 Å². The van der Waals surface area contributed by atoms with Crippen molar-refractivity contribution in [2.75, 3.05) is 19.7 Å². The minimum Gasteiger partial charge on any atom is -0.460 e. The fourth-order valence-corrected chi connectivity index (χ4v) is 1.38. The van der Waals surface area contributed by atoms with Crippen molar-refractivity contribution in [3.05, 3.63) is 30.9 Å². The molecule has 0 fully saturated rings. The summed E-state index contributed by atoms with van der Waals surface area (Å²) in [5.41, 5.74) is 0.342. The third-order valence-electron chi connectivity index (χ3n) is 2.41. The molecule has 0 aliphatic rings. The summed E-state index contributed by atoms with van der Waals surface area (Å²) in [6, 6.07) is -0.276. The molecule has 7 nitrogen and oxygen atoms in total. The van der Waals surface area contributed by atoms with E-state index in [1.807, 2.05) is 10.8 Å². The molecule has 0 bridgehead atoms. The van der Waals surface area contributed by atoms with Crippen LogP contribution in [0.2, 0.25) is 0 Å². The molecule has 20 heavy (non-hydrogen) atoms. The van der Waals surface area contributed by atoms with Gasteiger partial charge in [0.15, 0.2) is 0 Å². The topological polar surface area (TPSA) is 85.2 Å². The Kier molecular flexibility index (Phi) is 6.88. The van der Waals surface area contributed by atoms with Gasteiger partial charge in [0, 0.05) is 31.1 Å². The van der Waals surface area contributed by atoms with Crippen LogP contribution in [0.4, 0.5) is 4.79 Å².